The van der Waals surface area contributed by atoms with Crippen LogP contribution in [0.25, 0.3) is 22.0 Å². The van der Waals surface area contributed by atoms with Crippen molar-refractivity contribution in [2.45, 2.75) is 24.6 Å². The smallest absolute Gasteiger partial charge is 0.223 e. The molecule has 0 spiro atoms. The van der Waals surface area contributed by atoms with Crippen LogP contribution in [0, 0.1) is 17.5 Å². The average molecular weight is 526 g/mol. The average Bonchev–Trinajstić information content (AvgIpc) is 2.88. The van der Waals surface area contributed by atoms with Crippen LogP contribution in [0.4, 0.5) is 24.8 Å². The molecule has 6 nitrogen and oxygen atoms in total. The Morgan fingerprint density at radius 2 is 1.89 bits per heavy atom. The van der Waals surface area contributed by atoms with Gasteiger partial charge in [-0.3, -0.25) is 0 Å². The molecule has 1 aliphatic rings. The van der Waals surface area contributed by atoms with Gasteiger partial charge >= 0.3 is 0 Å². The van der Waals surface area contributed by atoms with Crippen molar-refractivity contribution in [1.82, 2.24) is 15.3 Å². The maximum absolute atomic E-state index is 15.1. The summed E-state index contributed by atoms with van der Waals surface area (Å²) >= 11 is 0. The van der Waals surface area contributed by atoms with Gasteiger partial charge in [-0.15, -0.1) is 0 Å². The van der Waals surface area contributed by atoms with E-state index in [1.54, 1.807) is 42.6 Å². The Morgan fingerprint density at radius 1 is 1.08 bits per heavy atom. The lowest BCUT2D eigenvalue weighted by Crippen LogP contribution is -2.38. The molecule has 2 atom stereocenters. The van der Waals surface area contributed by atoms with Gasteiger partial charge < -0.3 is 15.4 Å². The monoisotopic (exact) mass is 525 g/mol. The lowest BCUT2D eigenvalue weighted by Gasteiger charge is -2.23. The molecule has 5 rings (SSSR count). The molecule has 1 aliphatic heterocycles. The van der Waals surface area contributed by atoms with Gasteiger partial charge in [0.15, 0.2) is 11.6 Å². The second-order valence-electron chi connectivity index (χ2n) is 9.11. The quantitative estimate of drug-likeness (QED) is 0.231. The molecule has 0 aliphatic carbocycles. The van der Waals surface area contributed by atoms with E-state index in [2.05, 4.69) is 31.2 Å². The van der Waals surface area contributed by atoms with Gasteiger partial charge in [0.05, 0.1) is 22.5 Å². The molecule has 0 radical (unpaired) electrons. The number of benzene rings is 3. The molecular formula is C27H26F3N5OS. The molecule has 1 unspecified atom stereocenters. The zero-order valence-corrected chi connectivity index (χ0v) is 20.8. The van der Waals surface area contributed by atoms with Gasteiger partial charge in [-0.1, -0.05) is 36.4 Å². The molecule has 1 saturated heterocycles. The first-order valence-electron chi connectivity index (χ1n) is 11.9. The van der Waals surface area contributed by atoms with Crippen molar-refractivity contribution in [3.05, 3.63) is 83.8 Å². The fraction of sp³-hybridized carbons (Fsp3) is 0.222. The summed E-state index contributed by atoms with van der Waals surface area (Å²) < 4.78 is 60.5. The first-order valence-corrected chi connectivity index (χ1v) is 13.8. The van der Waals surface area contributed by atoms with E-state index in [9.17, 15) is 8.60 Å². The highest BCUT2D eigenvalue weighted by Gasteiger charge is 2.22. The molecule has 2 heterocycles. The predicted octanol–water partition coefficient (Wildman–Crippen LogP) is 5.12. The fourth-order valence-electron chi connectivity index (χ4n) is 4.43. The SMILES string of the molecule is C=S(=O)(Cc1ccccc1)Nc1cc(F)c(-c2ccc3nc(N[C@H]4CCCNC4)ncc3c2)c(F)c1F. The molecule has 10 heteroatoms. The van der Waals surface area contributed by atoms with Crippen molar-refractivity contribution in [2.24, 2.45) is 0 Å². The van der Waals surface area contributed by atoms with E-state index >= 15 is 8.78 Å². The molecular weight excluding hydrogens is 499 g/mol. The summed E-state index contributed by atoms with van der Waals surface area (Å²) in [6.07, 6.45) is 3.64. The van der Waals surface area contributed by atoms with Crippen molar-refractivity contribution in [3.8, 4) is 11.1 Å². The van der Waals surface area contributed by atoms with E-state index in [4.69, 9.17) is 0 Å². The maximum Gasteiger partial charge on any atom is 0.223 e. The predicted molar refractivity (Wildman–Crippen MR) is 143 cm³/mol. The topological polar surface area (TPSA) is 78.9 Å². The van der Waals surface area contributed by atoms with Crippen LogP contribution in [0.15, 0.2) is 60.8 Å². The van der Waals surface area contributed by atoms with Crippen LogP contribution in [0.5, 0.6) is 0 Å². The Kier molecular flexibility index (Phi) is 7.03. The lowest BCUT2D eigenvalue weighted by molar-refractivity contribution is 0.478. The summed E-state index contributed by atoms with van der Waals surface area (Å²) in [5.41, 5.74) is 0.335. The number of halogens is 3. The summed E-state index contributed by atoms with van der Waals surface area (Å²) in [6.45, 7) is 1.82. The van der Waals surface area contributed by atoms with Crippen LogP contribution < -0.4 is 15.4 Å². The number of nitrogens with zero attached hydrogens (tertiary/aromatic N) is 2. The first-order chi connectivity index (χ1) is 17.8. The van der Waals surface area contributed by atoms with Crippen LogP contribution in [-0.4, -0.2) is 39.2 Å². The van der Waals surface area contributed by atoms with E-state index in [1.165, 1.54) is 12.1 Å². The number of aromatic nitrogens is 2. The highest BCUT2D eigenvalue weighted by molar-refractivity contribution is 8.00. The minimum atomic E-state index is -3.11. The minimum Gasteiger partial charge on any atom is -0.350 e. The first kappa shape index (κ1) is 25.0. The largest absolute Gasteiger partial charge is 0.350 e. The van der Waals surface area contributed by atoms with Crippen molar-refractivity contribution < 1.29 is 17.4 Å². The van der Waals surface area contributed by atoms with E-state index in [1.807, 2.05) is 0 Å². The minimum absolute atomic E-state index is 0.0307. The van der Waals surface area contributed by atoms with Gasteiger partial charge in [0.1, 0.15) is 5.82 Å². The summed E-state index contributed by atoms with van der Waals surface area (Å²) in [6, 6.07) is 14.4. The Morgan fingerprint density at radius 3 is 2.65 bits per heavy atom. The molecule has 3 aromatic carbocycles. The Bertz CT molecular complexity index is 1540. The summed E-state index contributed by atoms with van der Waals surface area (Å²) in [4.78, 5) is 8.82. The molecule has 0 saturated carbocycles. The summed E-state index contributed by atoms with van der Waals surface area (Å²) in [5.74, 6) is 0.320. The van der Waals surface area contributed by atoms with Crippen molar-refractivity contribution in [2.75, 3.05) is 23.1 Å². The summed E-state index contributed by atoms with van der Waals surface area (Å²) in [5, 5.41) is 7.16. The van der Waals surface area contributed by atoms with Gasteiger partial charge in [-0.05, 0) is 48.5 Å². The van der Waals surface area contributed by atoms with E-state index in [-0.39, 0.29) is 17.4 Å². The van der Waals surface area contributed by atoms with Crippen LogP contribution in [-0.2, 0) is 15.5 Å². The third-order valence-corrected chi connectivity index (χ3v) is 7.59. The fourth-order valence-corrected chi connectivity index (χ4v) is 5.78. The number of nitrogens with one attached hydrogen (secondary N) is 3. The van der Waals surface area contributed by atoms with Crippen LogP contribution in [0.1, 0.15) is 18.4 Å². The zero-order valence-electron chi connectivity index (χ0n) is 19.9. The molecule has 4 aromatic rings. The van der Waals surface area contributed by atoms with Crippen LogP contribution in [0.3, 0.4) is 0 Å². The third kappa shape index (κ3) is 5.70. The number of fused-ring (bicyclic) bond motifs is 1. The number of anilines is 2. The molecule has 192 valence electrons. The number of piperidine rings is 1. The maximum atomic E-state index is 15.1. The third-order valence-electron chi connectivity index (χ3n) is 6.20. The van der Waals surface area contributed by atoms with E-state index in [0.29, 0.717) is 22.4 Å². The molecule has 0 bridgehead atoms. The van der Waals surface area contributed by atoms with Gasteiger partial charge in [0.25, 0.3) is 0 Å². The number of hydrogen-bond acceptors (Lipinski definition) is 5. The molecule has 37 heavy (non-hydrogen) atoms. The highest BCUT2D eigenvalue weighted by Crippen LogP contribution is 2.34. The Labute approximate surface area is 213 Å². The van der Waals surface area contributed by atoms with Crippen LogP contribution >= 0.6 is 0 Å². The lowest BCUT2D eigenvalue weighted by atomic mass is 10.0. The standard InChI is InChI=1S/C27H26F3N5OS/c1-37(36,16-17-6-3-2-4-7-17)35-23-13-21(28)24(26(30)25(23)29)18-9-10-22-19(12-18)14-32-27(34-22)33-20-8-5-11-31-15-20/h2-4,6-7,9-10,12-14,20,31H,1,5,8,11,15-16H2,(H,35,36)(H,32,33,34)/t20-,37?/m0/s1. The normalized spacial score (nSPS) is 17.3. The van der Waals surface area contributed by atoms with Gasteiger partial charge in [0, 0.05) is 39.9 Å². The molecule has 3 N–H and O–H groups in total. The van der Waals surface area contributed by atoms with Crippen molar-refractivity contribution in [3.63, 3.8) is 0 Å². The molecule has 1 fully saturated rings. The van der Waals surface area contributed by atoms with Crippen molar-refractivity contribution >= 4 is 38.1 Å². The van der Waals surface area contributed by atoms with Gasteiger partial charge in [-0.25, -0.2) is 27.3 Å². The van der Waals surface area contributed by atoms with Crippen LogP contribution in [0.2, 0.25) is 0 Å². The van der Waals surface area contributed by atoms with E-state index in [0.717, 1.165) is 32.0 Å². The summed E-state index contributed by atoms with van der Waals surface area (Å²) in [7, 11) is -3.11. The Hall–Kier alpha value is -3.63. The second kappa shape index (κ2) is 10.4. The zero-order chi connectivity index (χ0) is 26.0. The van der Waals surface area contributed by atoms with Gasteiger partial charge in [-0.2, -0.15) is 0 Å². The second-order valence-corrected chi connectivity index (χ2v) is 11.2. The molecule has 0 amide bonds. The van der Waals surface area contributed by atoms with E-state index < -0.39 is 38.4 Å². The number of rotatable bonds is 7. The number of hydrogen-bond donors (Lipinski definition) is 3. The highest BCUT2D eigenvalue weighted by atomic mass is 32.2. The Balaban J connectivity index is 1.40. The molecule has 1 aromatic heterocycles. The van der Waals surface area contributed by atoms with Crippen molar-refractivity contribution in [1.29, 1.82) is 0 Å². The van der Waals surface area contributed by atoms with Gasteiger partial charge in [0.2, 0.25) is 5.95 Å².